The van der Waals surface area contributed by atoms with E-state index in [1.807, 2.05) is 24.3 Å². The monoisotopic (exact) mass is 479 g/mol. The zero-order chi connectivity index (χ0) is 18.4. The number of imidazole rings is 1. The Hall–Kier alpha value is -2.29. The number of halogens is 1. The average molecular weight is 479 g/mol. The maximum atomic E-state index is 5.18. The summed E-state index contributed by atoms with van der Waals surface area (Å²) in [6.45, 7) is 3.51. The van der Waals surface area contributed by atoms with Gasteiger partial charge in [-0.15, -0.1) is 24.0 Å². The highest BCUT2D eigenvalue weighted by Gasteiger charge is 2.04. The predicted molar refractivity (Wildman–Crippen MR) is 120 cm³/mol. The number of methoxy groups -OCH3 is 1. The van der Waals surface area contributed by atoms with Crippen LogP contribution in [0.1, 0.15) is 17.0 Å². The Labute approximate surface area is 177 Å². The smallest absolute Gasteiger partial charge is 0.191 e. The molecule has 6 nitrogen and oxygen atoms in total. The fraction of sp³-hybridized carbons (Fsp3) is 0.300. The molecule has 144 valence electrons. The van der Waals surface area contributed by atoms with Gasteiger partial charge in [0.05, 0.1) is 19.3 Å². The van der Waals surface area contributed by atoms with Crippen molar-refractivity contribution < 1.29 is 4.74 Å². The van der Waals surface area contributed by atoms with Crippen LogP contribution in [0.3, 0.4) is 0 Å². The third kappa shape index (κ3) is 5.59. The second kappa shape index (κ2) is 10.1. The number of aromatic nitrogens is 2. The first kappa shape index (κ1) is 21.0. The van der Waals surface area contributed by atoms with Gasteiger partial charge in [0.1, 0.15) is 11.4 Å². The summed E-state index contributed by atoms with van der Waals surface area (Å²) in [7, 11) is 3.45. The van der Waals surface area contributed by atoms with Crippen LogP contribution in [-0.4, -0.2) is 36.0 Å². The summed E-state index contributed by atoms with van der Waals surface area (Å²) < 4.78 is 7.27. The van der Waals surface area contributed by atoms with E-state index in [1.165, 1.54) is 11.3 Å². The maximum absolute atomic E-state index is 5.18. The van der Waals surface area contributed by atoms with Crippen molar-refractivity contribution in [1.82, 2.24) is 20.0 Å². The van der Waals surface area contributed by atoms with E-state index in [0.717, 1.165) is 36.0 Å². The molecule has 0 amide bonds. The Bertz CT molecular complexity index is 889. The van der Waals surface area contributed by atoms with Gasteiger partial charge in [-0.2, -0.15) is 0 Å². The van der Waals surface area contributed by atoms with E-state index in [4.69, 9.17) is 4.74 Å². The van der Waals surface area contributed by atoms with Gasteiger partial charge in [0, 0.05) is 25.5 Å². The van der Waals surface area contributed by atoms with Gasteiger partial charge in [0.25, 0.3) is 0 Å². The molecule has 0 bridgehead atoms. The Morgan fingerprint density at radius 2 is 1.93 bits per heavy atom. The van der Waals surface area contributed by atoms with Gasteiger partial charge in [-0.05, 0) is 43.2 Å². The summed E-state index contributed by atoms with van der Waals surface area (Å²) in [5.41, 5.74) is 4.37. The molecule has 1 aromatic carbocycles. The van der Waals surface area contributed by atoms with E-state index in [2.05, 4.69) is 56.3 Å². The highest BCUT2D eigenvalue weighted by molar-refractivity contribution is 14.0. The number of fused-ring (bicyclic) bond motifs is 1. The van der Waals surface area contributed by atoms with Crippen molar-refractivity contribution >= 4 is 35.6 Å². The molecule has 0 saturated heterocycles. The summed E-state index contributed by atoms with van der Waals surface area (Å²) in [5, 5.41) is 6.65. The van der Waals surface area contributed by atoms with Crippen LogP contribution in [0, 0.1) is 6.92 Å². The Balaban J connectivity index is 0.00000261. The highest BCUT2D eigenvalue weighted by atomic mass is 127. The third-order valence-corrected chi connectivity index (χ3v) is 4.27. The van der Waals surface area contributed by atoms with Crippen LogP contribution >= 0.6 is 24.0 Å². The molecule has 0 aliphatic carbocycles. The number of pyridine rings is 1. The Morgan fingerprint density at radius 3 is 2.59 bits per heavy atom. The number of rotatable bonds is 6. The number of aliphatic imine (C=N–C) groups is 1. The molecule has 0 fully saturated rings. The molecule has 3 aromatic rings. The lowest BCUT2D eigenvalue weighted by Gasteiger charge is -2.11. The average Bonchev–Trinajstić information content (AvgIpc) is 3.09. The quantitative estimate of drug-likeness (QED) is 0.324. The van der Waals surface area contributed by atoms with Crippen LogP contribution in [0.2, 0.25) is 0 Å². The topological polar surface area (TPSA) is 63.0 Å². The van der Waals surface area contributed by atoms with Crippen LogP contribution in [0.25, 0.3) is 5.65 Å². The zero-order valence-electron chi connectivity index (χ0n) is 15.9. The normalized spacial score (nSPS) is 11.1. The molecule has 7 heteroatoms. The molecule has 0 radical (unpaired) electrons. The van der Waals surface area contributed by atoms with Crippen molar-refractivity contribution in [2.45, 2.75) is 19.9 Å². The molecule has 0 aliphatic rings. The number of hydrogen-bond acceptors (Lipinski definition) is 3. The van der Waals surface area contributed by atoms with Crippen LogP contribution < -0.4 is 15.4 Å². The number of aryl methyl sites for hydroxylation is 1. The van der Waals surface area contributed by atoms with Gasteiger partial charge in [0.15, 0.2) is 5.96 Å². The summed E-state index contributed by atoms with van der Waals surface area (Å²) in [6.07, 6.45) is 2.97. The fourth-order valence-electron chi connectivity index (χ4n) is 2.80. The minimum atomic E-state index is 0. The molecule has 0 unspecified atom stereocenters. The summed E-state index contributed by atoms with van der Waals surface area (Å²) in [5.74, 6) is 1.65. The first-order valence-corrected chi connectivity index (χ1v) is 8.70. The molecule has 0 saturated carbocycles. The van der Waals surface area contributed by atoms with Gasteiger partial charge in [0.2, 0.25) is 0 Å². The van der Waals surface area contributed by atoms with E-state index < -0.39 is 0 Å². The van der Waals surface area contributed by atoms with Crippen molar-refractivity contribution in [3.63, 3.8) is 0 Å². The standard InChI is InChI=1S/C20H25N5O.HI/c1-15-5-4-6-19-24-17(14-25(15)19)13-23-20(21-2)22-12-11-16-7-9-18(26-3)10-8-16;/h4-10,14H,11-13H2,1-3H3,(H2,21,22,23);1H. The number of hydrogen-bond donors (Lipinski definition) is 2. The number of nitrogens with zero attached hydrogens (tertiary/aromatic N) is 3. The van der Waals surface area contributed by atoms with Crippen LogP contribution in [-0.2, 0) is 13.0 Å². The molecule has 2 aromatic heterocycles. The van der Waals surface area contributed by atoms with Gasteiger partial charge >= 0.3 is 0 Å². The molecule has 0 spiro atoms. The summed E-state index contributed by atoms with van der Waals surface area (Å²) >= 11 is 0. The first-order valence-electron chi connectivity index (χ1n) is 8.70. The molecule has 2 N–H and O–H groups in total. The van der Waals surface area contributed by atoms with E-state index in [1.54, 1.807) is 14.2 Å². The van der Waals surface area contributed by atoms with Crippen molar-refractivity contribution in [2.24, 2.45) is 4.99 Å². The Morgan fingerprint density at radius 1 is 1.15 bits per heavy atom. The molecule has 0 aliphatic heterocycles. The van der Waals surface area contributed by atoms with Gasteiger partial charge < -0.3 is 19.8 Å². The predicted octanol–water partition coefficient (Wildman–Crippen LogP) is 3.18. The number of nitrogens with one attached hydrogen (secondary N) is 2. The second-order valence-electron chi connectivity index (χ2n) is 6.08. The third-order valence-electron chi connectivity index (χ3n) is 4.27. The molecule has 27 heavy (non-hydrogen) atoms. The van der Waals surface area contributed by atoms with Gasteiger partial charge in [-0.1, -0.05) is 18.2 Å². The lowest BCUT2D eigenvalue weighted by molar-refractivity contribution is 0.414. The SMILES string of the molecule is CN=C(NCCc1ccc(OC)cc1)NCc1cn2c(C)cccc2n1.I. The highest BCUT2D eigenvalue weighted by Crippen LogP contribution is 2.11. The van der Waals surface area contributed by atoms with E-state index in [-0.39, 0.29) is 24.0 Å². The number of ether oxygens (including phenoxy) is 1. The van der Waals surface area contributed by atoms with Crippen molar-refractivity contribution in [3.8, 4) is 5.75 Å². The van der Waals surface area contributed by atoms with Gasteiger partial charge in [-0.3, -0.25) is 4.99 Å². The van der Waals surface area contributed by atoms with Crippen LogP contribution in [0.5, 0.6) is 5.75 Å². The zero-order valence-corrected chi connectivity index (χ0v) is 18.2. The number of benzene rings is 1. The molecule has 0 atom stereocenters. The van der Waals surface area contributed by atoms with Crippen LogP contribution in [0.4, 0.5) is 0 Å². The van der Waals surface area contributed by atoms with Crippen molar-refractivity contribution in [2.75, 3.05) is 20.7 Å². The van der Waals surface area contributed by atoms with Crippen molar-refractivity contribution in [1.29, 1.82) is 0 Å². The number of guanidine groups is 1. The Kier molecular flexibility index (Phi) is 7.90. The molecular weight excluding hydrogens is 453 g/mol. The van der Waals surface area contributed by atoms with Crippen LogP contribution in [0.15, 0.2) is 53.7 Å². The van der Waals surface area contributed by atoms with E-state index in [9.17, 15) is 0 Å². The minimum absolute atomic E-state index is 0. The molecular formula is C20H26IN5O. The van der Waals surface area contributed by atoms with Crippen molar-refractivity contribution in [3.05, 3.63) is 65.6 Å². The maximum Gasteiger partial charge on any atom is 0.191 e. The summed E-state index contributed by atoms with van der Waals surface area (Å²) in [6, 6.07) is 14.2. The van der Waals surface area contributed by atoms with Gasteiger partial charge in [-0.25, -0.2) is 4.98 Å². The lowest BCUT2D eigenvalue weighted by Crippen LogP contribution is -2.37. The minimum Gasteiger partial charge on any atom is -0.497 e. The van der Waals surface area contributed by atoms with E-state index >= 15 is 0 Å². The fourth-order valence-corrected chi connectivity index (χ4v) is 2.80. The molecule has 3 rings (SSSR count). The second-order valence-corrected chi connectivity index (χ2v) is 6.08. The largest absolute Gasteiger partial charge is 0.497 e. The van der Waals surface area contributed by atoms with E-state index in [0.29, 0.717) is 6.54 Å². The first-order chi connectivity index (χ1) is 12.7. The summed E-state index contributed by atoms with van der Waals surface area (Å²) in [4.78, 5) is 8.90. The molecule has 2 heterocycles. The lowest BCUT2D eigenvalue weighted by atomic mass is 10.1.